The Morgan fingerprint density at radius 3 is 2.48 bits per heavy atom. The smallest absolute Gasteiger partial charge is 0.260 e. The zero-order valence-corrected chi connectivity index (χ0v) is 16.2. The molecular formula is C22H30N2O3. The zero-order chi connectivity index (χ0) is 19.1. The molecule has 2 amide bonds. The number of nitrogens with zero attached hydrogens (tertiary/aromatic N) is 1. The van der Waals surface area contributed by atoms with Gasteiger partial charge in [-0.3, -0.25) is 9.59 Å². The van der Waals surface area contributed by atoms with Crippen LogP contribution in [0, 0.1) is 0 Å². The number of piperidine rings is 1. The molecule has 1 aliphatic carbocycles. The molecule has 1 heterocycles. The second kappa shape index (κ2) is 9.58. The van der Waals surface area contributed by atoms with E-state index in [1.807, 2.05) is 11.8 Å². The van der Waals surface area contributed by atoms with Gasteiger partial charge in [-0.15, -0.1) is 0 Å². The fourth-order valence-electron chi connectivity index (χ4n) is 3.71. The Labute approximate surface area is 161 Å². The van der Waals surface area contributed by atoms with Gasteiger partial charge in [-0.25, -0.2) is 0 Å². The molecule has 5 heteroatoms. The summed E-state index contributed by atoms with van der Waals surface area (Å²) >= 11 is 0. The van der Waals surface area contributed by atoms with Gasteiger partial charge in [0.25, 0.3) is 11.8 Å². The van der Waals surface area contributed by atoms with Gasteiger partial charge in [0.15, 0.2) is 6.61 Å². The molecule has 1 saturated heterocycles. The quantitative estimate of drug-likeness (QED) is 0.777. The number of carbonyl (C=O) groups excluding carboxylic acids is 2. The minimum Gasteiger partial charge on any atom is -0.484 e. The van der Waals surface area contributed by atoms with E-state index in [9.17, 15) is 9.59 Å². The predicted octanol–water partition coefficient (Wildman–Crippen LogP) is 3.70. The maximum Gasteiger partial charge on any atom is 0.260 e. The van der Waals surface area contributed by atoms with Crippen molar-refractivity contribution in [3.05, 3.63) is 41.5 Å². The van der Waals surface area contributed by atoms with Gasteiger partial charge in [-0.1, -0.05) is 11.6 Å². The monoisotopic (exact) mass is 370 g/mol. The molecule has 0 radical (unpaired) electrons. The van der Waals surface area contributed by atoms with Crippen LogP contribution in [0.5, 0.6) is 5.75 Å². The summed E-state index contributed by atoms with van der Waals surface area (Å²) < 4.78 is 5.60. The molecule has 1 unspecified atom stereocenters. The molecule has 1 fully saturated rings. The van der Waals surface area contributed by atoms with Gasteiger partial charge in [-0.2, -0.15) is 0 Å². The Balaban J connectivity index is 1.48. The Bertz CT molecular complexity index is 675. The van der Waals surface area contributed by atoms with Gasteiger partial charge in [-0.05, 0) is 76.1 Å². The average molecular weight is 370 g/mol. The topological polar surface area (TPSA) is 58.6 Å². The van der Waals surface area contributed by atoms with Gasteiger partial charge in [0.1, 0.15) is 5.75 Å². The van der Waals surface area contributed by atoms with Gasteiger partial charge < -0.3 is 15.0 Å². The van der Waals surface area contributed by atoms with Crippen molar-refractivity contribution in [1.82, 2.24) is 10.2 Å². The third-order valence-corrected chi connectivity index (χ3v) is 5.42. The number of allylic oxidation sites excluding steroid dienone is 1. The van der Waals surface area contributed by atoms with Crippen molar-refractivity contribution in [3.63, 3.8) is 0 Å². The number of rotatable bonds is 6. The number of hydrogen-bond donors (Lipinski definition) is 1. The summed E-state index contributed by atoms with van der Waals surface area (Å²) in [5, 5.41) is 3.07. The summed E-state index contributed by atoms with van der Waals surface area (Å²) in [7, 11) is 0. The second-order valence-corrected chi connectivity index (χ2v) is 7.47. The first-order valence-electron chi connectivity index (χ1n) is 10.1. The minimum atomic E-state index is -0.0788. The summed E-state index contributed by atoms with van der Waals surface area (Å²) in [5.74, 6) is 0.566. The lowest BCUT2D eigenvalue weighted by Crippen LogP contribution is -2.38. The normalized spacial score (nSPS) is 18.4. The van der Waals surface area contributed by atoms with Crippen molar-refractivity contribution in [2.24, 2.45) is 0 Å². The molecule has 146 valence electrons. The maximum atomic E-state index is 12.4. The van der Waals surface area contributed by atoms with Crippen LogP contribution in [0.25, 0.3) is 0 Å². The van der Waals surface area contributed by atoms with Crippen molar-refractivity contribution < 1.29 is 14.3 Å². The number of benzene rings is 1. The van der Waals surface area contributed by atoms with Crippen molar-refractivity contribution in [3.8, 4) is 5.75 Å². The van der Waals surface area contributed by atoms with Crippen LogP contribution in [-0.2, 0) is 4.79 Å². The molecule has 2 aliphatic rings. The zero-order valence-electron chi connectivity index (χ0n) is 16.2. The van der Waals surface area contributed by atoms with Gasteiger partial charge in [0, 0.05) is 24.7 Å². The fraction of sp³-hybridized carbons (Fsp3) is 0.545. The van der Waals surface area contributed by atoms with Crippen LogP contribution < -0.4 is 10.1 Å². The number of carbonyl (C=O) groups is 2. The van der Waals surface area contributed by atoms with Crippen LogP contribution in [0.2, 0.25) is 0 Å². The number of likely N-dealkylation sites (tertiary alicyclic amines) is 1. The summed E-state index contributed by atoms with van der Waals surface area (Å²) in [6.07, 6.45) is 10.2. The van der Waals surface area contributed by atoms with Gasteiger partial charge in [0.05, 0.1) is 0 Å². The number of nitrogens with one attached hydrogen (secondary N) is 1. The van der Waals surface area contributed by atoms with E-state index >= 15 is 0 Å². The SMILES string of the molecule is CC(NC(=O)c1ccc(OCC(=O)N2CCCCC2)cc1)C1=CCCCC1. The average Bonchev–Trinajstić information content (AvgIpc) is 2.73. The lowest BCUT2D eigenvalue weighted by molar-refractivity contribution is -0.134. The maximum absolute atomic E-state index is 12.4. The molecule has 1 aliphatic heterocycles. The molecular weight excluding hydrogens is 340 g/mol. The van der Waals surface area contributed by atoms with Gasteiger partial charge >= 0.3 is 0 Å². The van der Waals surface area contributed by atoms with E-state index in [4.69, 9.17) is 4.74 Å². The van der Waals surface area contributed by atoms with Crippen molar-refractivity contribution in [2.75, 3.05) is 19.7 Å². The van der Waals surface area contributed by atoms with Crippen LogP contribution in [0.1, 0.15) is 62.2 Å². The molecule has 0 bridgehead atoms. The highest BCUT2D eigenvalue weighted by Crippen LogP contribution is 2.20. The highest BCUT2D eigenvalue weighted by Gasteiger charge is 2.17. The first kappa shape index (κ1) is 19.5. The van der Waals surface area contributed by atoms with E-state index in [-0.39, 0.29) is 24.5 Å². The van der Waals surface area contributed by atoms with Crippen molar-refractivity contribution in [2.45, 2.75) is 57.9 Å². The highest BCUT2D eigenvalue weighted by molar-refractivity contribution is 5.94. The van der Waals surface area contributed by atoms with Crippen LogP contribution in [0.4, 0.5) is 0 Å². The van der Waals surface area contributed by atoms with Gasteiger partial charge in [0.2, 0.25) is 0 Å². The highest BCUT2D eigenvalue weighted by atomic mass is 16.5. The molecule has 1 atom stereocenters. The Hall–Kier alpha value is -2.30. The largest absolute Gasteiger partial charge is 0.484 e. The molecule has 0 spiro atoms. The number of amides is 2. The van der Waals surface area contributed by atoms with Crippen LogP contribution in [0.3, 0.4) is 0 Å². The number of hydrogen-bond acceptors (Lipinski definition) is 3. The second-order valence-electron chi connectivity index (χ2n) is 7.47. The summed E-state index contributed by atoms with van der Waals surface area (Å²) in [4.78, 5) is 26.5. The molecule has 0 aromatic heterocycles. The molecule has 3 rings (SSSR count). The Morgan fingerprint density at radius 1 is 1.07 bits per heavy atom. The first-order chi connectivity index (χ1) is 13.1. The standard InChI is InChI=1S/C22H30N2O3/c1-17(18-8-4-2-5-9-18)23-22(26)19-10-12-20(13-11-19)27-16-21(25)24-14-6-3-7-15-24/h8,10-13,17H,2-7,9,14-16H2,1H3,(H,23,26). The lowest BCUT2D eigenvalue weighted by Gasteiger charge is -2.26. The molecule has 5 nitrogen and oxygen atoms in total. The van der Waals surface area contributed by atoms with Crippen molar-refractivity contribution in [1.29, 1.82) is 0 Å². The molecule has 1 aromatic carbocycles. The third kappa shape index (κ3) is 5.59. The Kier molecular flexibility index (Phi) is 6.91. The van der Waals surface area contributed by atoms with E-state index < -0.39 is 0 Å². The summed E-state index contributed by atoms with van der Waals surface area (Å²) in [6, 6.07) is 7.07. The Morgan fingerprint density at radius 2 is 1.81 bits per heavy atom. The molecule has 27 heavy (non-hydrogen) atoms. The third-order valence-electron chi connectivity index (χ3n) is 5.42. The first-order valence-corrected chi connectivity index (χ1v) is 10.1. The fourth-order valence-corrected chi connectivity index (χ4v) is 3.71. The molecule has 0 saturated carbocycles. The summed E-state index contributed by atoms with van der Waals surface area (Å²) in [6.45, 7) is 3.75. The van der Waals surface area contributed by atoms with E-state index in [2.05, 4.69) is 11.4 Å². The molecule has 1 N–H and O–H groups in total. The van der Waals surface area contributed by atoms with E-state index in [1.54, 1.807) is 24.3 Å². The molecule has 1 aromatic rings. The van der Waals surface area contributed by atoms with Crippen LogP contribution in [-0.4, -0.2) is 42.5 Å². The summed E-state index contributed by atoms with van der Waals surface area (Å²) in [5.41, 5.74) is 1.93. The van der Waals surface area contributed by atoms with E-state index in [0.29, 0.717) is 11.3 Å². The number of ether oxygens (including phenoxy) is 1. The van der Waals surface area contributed by atoms with E-state index in [0.717, 1.165) is 38.8 Å². The predicted molar refractivity (Wildman–Crippen MR) is 106 cm³/mol. The van der Waals surface area contributed by atoms with Crippen LogP contribution >= 0.6 is 0 Å². The minimum absolute atomic E-state index is 0.0334. The van der Waals surface area contributed by atoms with E-state index in [1.165, 1.54) is 24.8 Å². The lowest BCUT2D eigenvalue weighted by atomic mass is 9.94. The van der Waals surface area contributed by atoms with Crippen LogP contribution in [0.15, 0.2) is 35.9 Å². The van der Waals surface area contributed by atoms with Crippen molar-refractivity contribution >= 4 is 11.8 Å².